The van der Waals surface area contributed by atoms with Crippen molar-refractivity contribution in [3.8, 4) is 11.5 Å². The summed E-state index contributed by atoms with van der Waals surface area (Å²) in [6.07, 6.45) is 0.915. The van der Waals surface area contributed by atoms with Crippen molar-refractivity contribution in [3.63, 3.8) is 0 Å². The number of nitrogens with zero attached hydrogens (tertiary/aromatic N) is 3. The summed E-state index contributed by atoms with van der Waals surface area (Å²) in [4.78, 5) is 37.8. The maximum absolute atomic E-state index is 14.5. The fourth-order valence-electron chi connectivity index (χ4n) is 7.01. The first-order chi connectivity index (χ1) is 22.2. The van der Waals surface area contributed by atoms with E-state index in [0.29, 0.717) is 43.1 Å². The zero-order chi connectivity index (χ0) is 33.0. The van der Waals surface area contributed by atoms with Crippen LogP contribution in [-0.2, 0) is 9.53 Å². The Labute approximate surface area is 272 Å². The molecule has 0 bridgehead atoms. The Hall–Kier alpha value is -4.37. The third-order valence-electron chi connectivity index (χ3n) is 8.94. The molecule has 1 aliphatic carbocycles. The van der Waals surface area contributed by atoms with Gasteiger partial charge in [0.2, 0.25) is 0 Å². The van der Waals surface area contributed by atoms with Crippen molar-refractivity contribution in [2.75, 3.05) is 44.3 Å². The van der Waals surface area contributed by atoms with Gasteiger partial charge in [-0.05, 0) is 75.9 Å². The van der Waals surface area contributed by atoms with Crippen molar-refractivity contribution in [1.82, 2.24) is 5.32 Å². The smallest absolute Gasteiger partial charge is 0.322 e. The molecule has 3 aromatic rings. The standard InChI is InChI=1S/C37H46N4O5/c1-23(2)40(24(3)4)27-14-17-29(34(22-27)46-7)36-35-31(20-26(21-33(35)42)25-12-15-28(45-6)16-13-25)39-30-10-8-9-11-32(30)41(36)37(43)38-18-19-44-5/h8-17,22-24,26,35-36H,18-21H2,1-7H3,(H,38,43). The first-order valence-corrected chi connectivity index (χ1v) is 16.0. The van der Waals surface area contributed by atoms with Crippen LogP contribution in [0, 0.1) is 5.92 Å². The van der Waals surface area contributed by atoms with Gasteiger partial charge in [0.15, 0.2) is 0 Å². The molecular formula is C37H46N4O5. The van der Waals surface area contributed by atoms with E-state index in [1.807, 2.05) is 60.7 Å². The number of urea groups is 1. The summed E-state index contributed by atoms with van der Waals surface area (Å²) in [7, 11) is 4.88. The topological polar surface area (TPSA) is 92.7 Å². The monoisotopic (exact) mass is 626 g/mol. The van der Waals surface area contributed by atoms with Crippen molar-refractivity contribution in [2.24, 2.45) is 10.9 Å². The van der Waals surface area contributed by atoms with Crippen LogP contribution in [0.5, 0.6) is 11.5 Å². The molecule has 0 spiro atoms. The van der Waals surface area contributed by atoms with E-state index in [1.54, 1.807) is 26.2 Å². The van der Waals surface area contributed by atoms with Crippen LogP contribution in [0.1, 0.15) is 63.6 Å². The third-order valence-corrected chi connectivity index (χ3v) is 8.94. The second kappa shape index (κ2) is 14.4. The average Bonchev–Trinajstić information content (AvgIpc) is 3.19. The normalized spacial score (nSPS) is 19.2. The summed E-state index contributed by atoms with van der Waals surface area (Å²) in [5.74, 6) is 0.714. The number of aliphatic imine (C=N–C) groups is 1. The van der Waals surface area contributed by atoms with Gasteiger partial charge in [0.05, 0.1) is 44.2 Å². The molecule has 1 N–H and O–H groups in total. The number of nitrogens with one attached hydrogen (secondary N) is 1. The maximum Gasteiger partial charge on any atom is 0.322 e. The molecule has 2 amide bonds. The number of amides is 2. The summed E-state index contributed by atoms with van der Waals surface area (Å²) in [6.45, 7) is 9.34. The summed E-state index contributed by atoms with van der Waals surface area (Å²) in [5, 5.41) is 3.01. The van der Waals surface area contributed by atoms with E-state index in [2.05, 4.69) is 44.0 Å². The van der Waals surface area contributed by atoms with E-state index in [1.165, 1.54) is 0 Å². The molecule has 3 aromatic carbocycles. The Morgan fingerprint density at radius 2 is 1.67 bits per heavy atom. The van der Waals surface area contributed by atoms with E-state index >= 15 is 0 Å². The summed E-state index contributed by atoms with van der Waals surface area (Å²) < 4.78 is 16.7. The van der Waals surface area contributed by atoms with Crippen LogP contribution in [0.2, 0.25) is 0 Å². The van der Waals surface area contributed by atoms with Crippen LogP contribution in [0.15, 0.2) is 71.7 Å². The first kappa shape index (κ1) is 33.0. The molecular weight excluding hydrogens is 580 g/mol. The number of carbonyl (C=O) groups is 2. The summed E-state index contributed by atoms with van der Waals surface area (Å²) >= 11 is 0. The number of anilines is 2. The summed E-state index contributed by atoms with van der Waals surface area (Å²) in [6, 6.07) is 21.1. The first-order valence-electron chi connectivity index (χ1n) is 16.0. The molecule has 9 nitrogen and oxygen atoms in total. The zero-order valence-corrected chi connectivity index (χ0v) is 27.9. The molecule has 1 aliphatic heterocycles. The average molecular weight is 627 g/mol. The lowest BCUT2D eigenvalue weighted by atomic mass is 9.72. The van der Waals surface area contributed by atoms with Gasteiger partial charge in [0, 0.05) is 55.2 Å². The van der Waals surface area contributed by atoms with Gasteiger partial charge in [-0.2, -0.15) is 0 Å². The van der Waals surface area contributed by atoms with E-state index < -0.39 is 12.0 Å². The van der Waals surface area contributed by atoms with Crippen molar-refractivity contribution in [2.45, 2.75) is 64.6 Å². The SMILES string of the molecule is COCCNC(=O)N1c2ccccc2N=C2CC(c3ccc(OC)cc3)CC(=O)C2C1c1ccc(N(C(C)C)C(C)C)cc1OC. The highest BCUT2D eigenvalue weighted by molar-refractivity contribution is 6.13. The zero-order valence-electron chi connectivity index (χ0n) is 27.9. The van der Waals surface area contributed by atoms with Crippen LogP contribution < -0.4 is 24.6 Å². The van der Waals surface area contributed by atoms with Crippen LogP contribution in [0.4, 0.5) is 21.9 Å². The van der Waals surface area contributed by atoms with E-state index in [4.69, 9.17) is 19.2 Å². The van der Waals surface area contributed by atoms with Crippen LogP contribution >= 0.6 is 0 Å². The van der Waals surface area contributed by atoms with Gasteiger partial charge in [-0.1, -0.05) is 30.3 Å². The quantitative estimate of drug-likeness (QED) is 0.242. The van der Waals surface area contributed by atoms with Crippen molar-refractivity contribution in [3.05, 3.63) is 77.9 Å². The highest BCUT2D eigenvalue weighted by atomic mass is 16.5. The van der Waals surface area contributed by atoms with Crippen molar-refractivity contribution < 1.29 is 23.8 Å². The number of hydrogen-bond donors (Lipinski definition) is 1. The van der Waals surface area contributed by atoms with Crippen LogP contribution in [0.3, 0.4) is 0 Å². The lowest BCUT2D eigenvalue weighted by Gasteiger charge is -2.39. The molecule has 0 saturated heterocycles. The Bertz CT molecular complexity index is 1560. The second-order valence-corrected chi connectivity index (χ2v) is 12.5. The fraction of sp³-hybridized carbons (Fsp3) is 0.432. The molecule has 244 valence electrons. The van der Waals surface area contributed by atoms with Gasteiger partial charge in [-0.25, -0.2) is 4.79 Å². The highest BCUT2D eigenvalue weighted by Gasteiger charge is 2.47. The van der Waals surface area contributed by atoms with Gasteiger partial charge >= 0.3 is 6.03 Å². The Morgan fingerprint density at radius 1 is 0.957 bits per heavy atom. The Kier molecular flexibility index (Phi) is 10.3. The van der Waals surface area contributed by atoms with E-state index in [-0.39, 0.29) is 29.8 Å². The third kappa shape index (κ3) is 6.60. The molecule has 1 fully saturated rings. The van der Waals surface area contributed by atoms with Crippen molar-refractivity contribution in [1.29, 1.82) is 0 Å². The molecule has 1 saturated carbocycles. The fourth-order valence-corrected chi connectivity index (χ4v) is 7.01. The Balaban J connectivity index is 1.67. The van der Waals surface area contributed by atoms with Gasteiger partial charge in [-0.3, -0.25) is 14.7 Å². The molecule has 0 radical (unpaired) electrons. The molecule has 1 heterocycles. The maximum atomic E-state index is 14.5. The highest BCUT2D eigenvalue weighted by Crippen LogP contribution is 2.49. The number of fused-ring (bicyclic) bond motifs is 2. The number of hydrogen-bond acceptors (Lipinski definition) is 7. The minimum atomic E-state index is -0.690. The Morgan fingerprint density at radius 3 is 2.33 bits per heavy atom. The molecule has 2 aliphatic rings. The lowest BCUT2D eigenvalue weighted by Crippen LogP contribution is -2.49. The number of ether oxygens (including phenoxy) is 3. The number of carbonyl (C=O) groups excluding carboxylic acids is 2. The number of rotatable bonds is 10. The summed E-state index contributed by atoms with van der Waals surface area (Å²) in [5.41, 5.74) is 4.87. The van der Waals surface area contributed by atoms with E-state index in [9.17, 15) is 9.59 Å². The number of benzene rings is 3. The molecule has 3 unspecified atom stereocenters. The lowest BCUT2D eigenvalue weighted by molar-refractivity contribution is -0.122. The largest absolute Gasteiger partial charge is 0.497 e. The van der Waals surface area contributed by atoms with Gasteiger partial charge in [0.25, 0.3) is 0 Å². The molecule has 5 rings (SSSR count). The number of para-hydroxylation sites is 2. The number of Topliss-reactive ketones (excluding diaryl/α,β-unsaturated/α-hetero) is 1. The van der Waals surface area contributed by atoms with E-state index in [0.717, 1.165) is 28.3 Å². The van der Waals surface area contributed by atoms with Crippen LogP contribution in [-0.4, -0.2) is 64.1 Å². The molecule has 3 atom stereocenters. The van der Waals surface area contributed by atoms with Gasteiger partial charge in [0.1, 0.15) is 17.3 Å². The number of methoxy groups -OCH3 is 3. The van der Waals surface area contributed by atoms with Gasteiger partial charge in [-0.15, -0.1) is 0 Å². The van der Waals surface area contributed by atoms with Crippen molar-refractivity contribution >= 4 is 34.6 Å². The minimum absolute atomic E-state index is 0.0374. The minimum Gasteiger partial charge on any atom is -0.497 e. The van der Waals surface area contributed by atoms with Crippen LogP contribution in [0.25, 0.3) is 0 Å². The molecule has 46 heavy (non-hydrogen) atoms. The number of ketones is 1. The van der Waals surface area contributed by atoms with Gasteiger partial charge < -0.3 is 24.4 Å². The predicted molar refractivity (Wildman–Crippen MR) is 183 cm³/mol. The second-order valence-electron chi connectivity index (χ2n) is 12.5. The predicted octanol–water partition coefficient (Wildman–Crippen LogP) is 7.08. The molecule has 9 heteroatoms. The molecule has 0 aromatic heterocycles.